The van der Waals surface area contributed by atoms with E-state index < -0.39 is 5.91 Å². The zero-order chi connectivity index (χ0) is 14.8. The zero-order valence-corrected chi connectivity index (χ0v) is 11.5. The number of hydrogen-bond acceptors (Lipinski definition) is 5. The van der Waals surface area contributed by atoms with Crippen molar-refractivity contribution in [1.82, 2.24) is 19.7 Å². The van der Waals surface area contributed by atoms with E-state index in [1.807, 2.05) is 30.3 Å². The van der Waals surface area contributed by atoms with Gasteiger partial charge in [0.15, 0.2) is 5.65 Å². The third-order valence-corrected chi connectivity index (χ3v) is 3.10. The predicted octanol–water partition coefficient (Wildman–Crippen LogP) is 0.737. The molecule has 1 aromatic carbocycles. The number of hydrogen-bond donors (Lipinski definition) is 1. The minimum Gasteiger partial charge on any atom is -0.368 e. The van der Waals surface area contributed by atoms with Crippen LogP contribution in [-0.4, -0.2) is 39.2 Å². The molecule has 0 aliphatic carbocycles. The van der Waals surface area contributed by atoms with Crippen LogP contribution in [0.1, 0.15) is 0 Å². The highest BCUT2D eigenvalue weighted by Crippen LogP contribution is 2.23. The monoisotopic (exact) mass is 282 g/mol. The first-order chi connectivity index (χ1) is 10.2. The molecule has 7 nitrogen and oxygen atoms in total. The molecule has 21 heavy (non-hydrogen) atoms. The van der Waals surface area contributed by atoms with Gasteiger partial charge in [-0.1, -0.05) is 18.2 Å². The fourth-order valence-electron chi connectivity index (χ4n) is 2.20. The second-order valence-corrected chi connectivity index (χ2v) is 4.65. The first-order valence-electron chi connectivity index (χ1n) is 6.40. The number of nitrogens with two attached hydrogens (primary N) is 1. The van der Waals surface area contributed by atoms with Gasteiger partial charge in [-0.05, 0) is 12.1 Å². The van der Waals surface area contributed by atoms with Crippen molar-refractivity contribution in [2.75, 3.05) is 18.5 Å². The summed E-state index contributed by atoms with van der Waals surface area (Å²) in [7, 11) is 1.76. The maximum Gasteiger partial charge on any atom is 0.236 e. The van der Waals surface area contributed by atoms with Gasteiger partial charge in [-0.15, -0.1) is 0 Å². The van der Waals surface area contributed by atoms with Crippen LogP contribution < -0.4 is 10.6 Å². The molecule has 0 bridgehead atoms. The number of benzene rings is 1. The molecular formula is C14H14N6O. The summed E-state index contributed by atoms with van der Waals surface area (Å²) in [6.45, 7) is 0.0859. The summed E-state index contributed by atoms with van der Waals surface area (Å²) in [5, 5.41) is 5.13. The van der Waals surface area contributed by atoms with Crippen LogP contribution in [0.3, 0.4) is 0 Å². The standard InChI is InChI=1S/C14H14N6O/c1-19(8-12(15)21)13-11-7-18-20(14(11)17-9-16-13)10-5-3-2-4-6-10/h2-7,9H,8H2,1H3,(H2,15,21). The lowest BCUT2D eigenvalue weighted by molar-refractivity contribution is -0.116. The fourth-order valence-corrected chi connectivity index (χ4v) is 2.20. The van der Waals surface area contributed by atoms with E-state index in [9.17, 15) is 4.79 Å². The summed E-state index contributed by atoms with van der Waals surface area (Å²) < 4.78 is 1.73. The molecule has 106 valence electrons. The van der Waals surface area contributed by atoms with Gasteiger partial charge >= 0.3 is 0 Å². The first kappa shape index (κ1) is 13.0. The first-order valence-corrected chi connectivity index (χ1v) is 6.40. The van der Waals surface area contributed by atoms with Crippen LogP contribution in [0.2, 0.25) is 0 Å². The van der Waals surface area contributed by atoms with Crippen molar-refractivity contribution >= 4 is 22.8 Å². The van der Waals surface area contributed by atoms with Crippen molar-refractivity contribution in [3.05, 3.63) is 42.9 Å². The Morgan fingerprint density at radius 3 is 2.76 bits per heavy atom. The van der Waals surface area contributed by atoms with Gasteiger partial charge in [-0.25, -0.2) is 14.6 Å². The number of aromatic nitrogens is 4. The summed E-state index contributed by atoms with van der Waals surface area (Å²) in [6.07, 6.45) is 3.14. The maximum atomic E-state index is 11.1. The minimum atomic E-state index is -0.417. The highest BCUT2D eigenvalue weighted by atomic mass is 16.1. The largest absolute Gasteiger partial charge is 0.368 e. The van der Waals surface area contributed by atoms with Gasteiger partial charge in [-0.2, -0.15) is 5.10 Å². The molecule has 7 heteroatoms. The van der Waals surface area contributed by atoms with Gasteiger partial charge in [0.1, 0.15) is 12.1 Å². The van der Waals surface area contributed by atoms with Crippen LogP contribution in [0, 0.1) is 0 Å². The highest BCUT2D eigenvalue weighted by Gasteiger charge is 2.14. The molecule has 0 saturated heterocycles. The van der Waals surface area contributed by atoms with E-state index in [-0.39, 0.29) is 6.54 Å². The second kappa shape index (κ2) is 5.20. The van der Waals surface area contributed by atoms with Crippen LogP contribution >= 0.6 is 0 Å². The highest BCUT2D eigenvalue weighted by molar-refractivity contribution is 5.89. The molecule has 0 fully saturated rings. The minimum absolute atomic E-state index is 0.0859. The molecular weight excluding hydrogens is 268 g/mol. The van der Waals surface area contributed by atoms with Gasteiger partial charge in [-0.3, -0.25) is 4.79 Å². The van der Waals surface area contributed by atoms with Crippen molar-refractivity contribution in [2.45, 2.75) is 0 Å². The van der Waals surface area contributed by atoms with Crippen LogP contribution in [0.5, 0.6) is 0 Å². The molecule has 0 aliphatic heterocycles. The molecule has 0 saturated carbocycles. The molecule has 0 spiro atoms. The SMILES string of the molecule is CN(CC(N)=O)c1ncnc2c1cnn2-c1ccccc1. The quantitative estimate of drug-likeness (QED) is 0.762. The topological polar surface area (TPSA) is 89.9 Å². The van der Waals surface area contributed by atoms with E-state index in [2.05, 4.69) is 15.1 Å². The number of amides is 1. The lowest BCUT2D eigenvalue weighted by Crippen LogP contribution is -2.31. The van der Waals surface area contributed by atoms with E-state index in [0.29, 0.717) is 11.5 Å². The summed E-state index contributed by atoms with van der Waals surface area (Å²) in [4.78, 5) is 21.3. The molecule has 2 N–H and O–H groups in total. The number of anilines is 1. The lowest BCUT2D eigenvalue weighted by atomic mass is 10.3. The average molecular weight is 282 g/mol. The molecule has 2 aromatic heterocycles. The molecule has 1 amide bonds. The Bertz CT molecular complexity index is 783. The van der Waals surface area contributed by atoms with Gasteiger partial charge < -0.3 is 10.6 Å². The number of fused-ring (bicyclic) bond motifs is 1. The lowest BCUT2D eigenvalue weighted by Gasteiger charge is -2.16. The van der Waals surface area contributed by atoms with Crippen molar-refractivity contribution in [3.8, 4) is 5.69 Å². The van der Waals surface area contributed by atoms with E-state index >= 15 is 0 Å². The van der Waals surface area contributed by atoms with Crippen LogP contribution in [0.25, 0.3) is 16.7 Å². The van der Waals surface area contributed by atoms with Gasteiger partial charge in [0.2, 0.25) is 5.91 Å². The Labute approximate surface area is 121 Å². The number of rotatable bonds is 4. The number of primary amides is 1. The number of carbonyl (C=O) groups excluding carboxylic acids is 1. The molecule has 0 unspecified atom stereocenters. The van der Waals surface area contributed by atoms with Crippen LogP contribution in [0.15, 0.2) is 42.9 Å². The van der Waals surface area contributed by atoms with Crippen LogP contribution in [-0.2, 0) is 4.79 Å². The van der Waals surface area contributed by atoms with E-state index in [1.54, 1.807) is 22.8 Å². The summed E-state index contributed by atoms with van der Waals surface area (Å²) in [5.74, 6) is 0.209. The predicted molar refractivity (Wildman–Crippen MR) is 79.1 cm³/mol. The molecule has 2 heterocycles. The number of para-hydroxylation sites is 1. The van der Waals surface area contributed by atoms with Crippen molar-refractivity contribution in [2.24, 2.45) is 5.73 Å². The van der Waals surface area contributed by atoms with Crippen molar-refractivity contribution in [1.29, 1.82) is 0 Å². The average Bonchev–Trinajstić information content (AvgIpc) is 2.91. The molecule has 0 aliphatic rings. The Morgan fingerprint density at radius 1 is 1.29 bits per heavy atom. The normalized spacial score (nSPS) is 10.7. The van der Waals surface area contributed by atoms with Gasteiger partial charge in [0, 0.05) is 7.05 Å². The van der Waals surface area contributed by atoms with Crippen molar-refractivity contribution in [3.63, 3.8) is 0 Å². The number of nitrogens with zero attached hydrogens (tertiary/aromatic N) is 5. The molecule has 0 atom stereocenters. The maximum absolute atomic E-state index is 11.1. The van der Waals surface area contributed by atoms with Crippen LogP contribution in [0.4, 0.5) is 5.82 Å². The number of likely N-dealkylation sites (N-methyl/N-ethyl adjacent to an activating group) is 1. The van der Waals surface area contributed by atoms with Gasteiger partial charge in [0.05, 0.1) is 23.8 Å². The molecule has 0 radical (unpaired) electrons. The molecule has 3 aromatic rings. The Kier molecular flexibility index (Phi) is 3.23. The third-order valence-electron chi connectivity index (χ3n) is 3.10. The fraction of sp³-hybridized carbons (Fsp3) is 0.143. The second-order valence-electron chi connectivity index (χ2n) is 4.65. The van der Waals surface area contributed by atoms with Gasteiger partial charge in [0.25, 0.3) is 0 Å². The summed E-state index contributed by atoms with van der Waals surface area (Å²) >= 11 is 0. The summed E-state index contributed by atoms with van der Waals surface area (Å²) in [6, 6.07) is 9.70. The third kappa shape index (κ3) is 2.40. The Hall–Kier alpha value is -2.96. The van der Waals surface area contributed by atoms with E-state index in [4.69, 9.17) is 5.73 Å². The van der Waals surface area contributed by atoms with E-state index in [1.165, 1.54) is 6.33 Å². The Balaban J connectivity index is 2.10. The Morgan fingerprint density at radius 2 is 2.05 bits per heavy atom. The molecule has 3 rings (SSSR count). The number of carbonyl (C=O) groups is 1. The van der Waals surface area contributed by atoms with Crippen molar-refractivity contribution < 1.29 is 4.79 Å². The van der Waals surface area contributed by atoms with E-state index in [0.717, 1.165) is 11.1 Å². The summed E-state index contributed by atoms with van der Waals surface area (Å²) in [5.41, 5.74) is 6.82. The smallest absolute Gasteiger partial charge is 0.236 e. The zero-order valence-electron chi connectivity index (χ0n) is 11.5.